The van der Waals surface area contributed by atoms with Crippen molar-refractivity contribution in [3.8, 4) is 0 Å². The minimum Gasteiger partial charge on any atom is -0.319 e. The molecule has 0 aliphatic heterocycles. The highest BCUT2D eigenvalue weighted by Crippen LogP contribution is 2.58. The van der Waals surface area contributed by atoms with Gasteiger partial charge in [0.2, 0.25) is 0 Å². The van der Waals surface area contributed by atoms with Crippen LogP contribution in [-0.4, -0.2) is 34.9 Å². The lowest BCUT2D eigenvalue weighted by atomic mass is 10.0. The van der Waals surface area contributed by atoms with Gasteiger partial charge in [0.15, 0.2) is 0 Å². The number of ether oxygens (including phenoxy) is 1. The summed E-state index contributed by atoms with van der Waals surface area (Å²) < 4.78 is 121. The molecule has 0 atom stereocenters. The van der Waals surface area contributed by atoms with Crippen molar-refractivity contribution in [2.45, 2.75) is 27.8 Å². The van der Waals surface area contributed by atoms with Crippen LogP contribution in [-0.2, 0) is 4.74 Å². The molecule has 110 valence electrons. The van der Waals surface area contributed by atoms with E-state index in [0.29, 0.717) is 0 Å². The van der Waals surface area contributed by atoms with E-state index in [9.17, 15) is 43.9 Å². The Morgan fingerprint density at radius 1 is 0.667 bits per heavy atom. The van der Waals surface area contributed by atoms with Gasteiger partial charge in [-0.1, -0.05) is 0 Å². The SMILES string of the molecule is COC(F)(F)C(F)(F)C(F)(F)C(F)(F)C(F)(F)I. The van der Waals surface area contributed by atoms with E-state index in [1.54, 1.807) is 0 Å². The fourth-order valence-electron chi connectivity index (χ4n) is 0.686. The van der Waals surface area contributed by atoms with Crippen molar-refractivity contribution in [1.82, 2.24) is 0 Å². The summed E-state index contributed by atoms with van der Waals surface area (Å²) >= 11 is -0.558. The molecule has 0 aliphatic carbocycles. The Bertz CT molecular complexity index is 308. The number of hydrogen-bond acceptors (Lipinski definition) is 1. The molecular formula is C6H3F10IO. The summed E-state index contributed by atoms with van der Waals surface area (Å²) in [6.07, 6.45) is -6.05. The van der Waals surface area contributed by atoms with Crippen LogP contribution in [0.25, 0.3) is 0 Å². The Hall–Kier alpha value is -0.0100. The third-order valence-electron chi connectivity index (χ3n) is 1.77. The summed E-state index contributed by atoms with van der Waals surface area (Å²) in [6, 6.07) is 0. The Morgan fingerprint density at radius 2 is 1.00 bits per heavy atom. The molecule has 0 saturated carbocycles. The van der Waals surface area contributed by atoms with Crippen LogP contribution in [0.3, 0.4) is 0 Å². The zero-order valence-corrected chi connectivity index (χ0v) is 10.2. The minimum atomic E-state index is -7.04. The average Bonchev–Trinajstić information content (AvgIpc) is 2.15. The third-order valence-corrected chi connectivity index (χ3v) is 2.44. The Kier molecular flexibility index (Phi) is 4.52. The number of methoxy groups -OCH3 is 1. The van der Waals surface area contributed by atoms with E-state index in [4.69, 9.17) is 0 Å². The van der Waals surface area contributed by atoms with Crippen LogP contribution >= 0.6 is 22.6 Å². The first-order valence-electron chi connectivity index (χ1n) is 3.69. The van der Waals surface area contributed by atoms with Gasteiger partial charge >= 0.3 is 27.8 Å². The van der Waals surface area contributed by atoms with E-state index in [1.807, 2.05) is 0 Å². The van der Waals surface area contributed by atoms with Crippen LogP contribution in [0.15, 0.2) is 0 Å². The molecule has 0 bridgehead atoms. The fourth-order valence-corrected chi connectivity index (χ4v) is 1.02. The molecule has 0 aromatic carbocycles. The molecular weight excluding hydrogens is 405 g/mol. The highest BCUT2D eigenvalue weighted by atomic mass is 127. The van der Waals surface area contributed by atoms with Gasteiger partial charge in [-0.2, -0.15) is 43.9 Å². The van der Waals surface area contributed by atoms with E-state index in [-0.39, 0.29) is 7.11 Å². The molecule has 0 N–H and O–H groups in total. The quantitative estimate of drug-likeness (QED) is 0.378. The van der Waals surface area contributed by atoms with Crippen LogP contribution in [0.4, 0.5) is 43.9 Å². The molecule has 0 heterocycles. The molecule has 0 unspecified atom stereocenters. The van der Waals surface area contributed by atoms with Crippen LogP contribution < -0.4 is 0 Å². The summed E-state index contributed by atoms with van der Waals surface area (Å²) in [5.74, 6) is -20.6. The van der Waals surface area contributed by atoms with Gasteiger partial charge in [0.25, 0.3) is 0 Å². The van der Waals surface area contributed by atoms with Gasteiger partial charge in [0, 0.05) is 29.7 Å². The summed E-state index contributed by atoms with van der Waals surface area (Å²) in [6.45, 7) is 0. The molecule has 0 aromatic heterocycles. The first-order chi connectivity index (χ1) is 7.56. The third kappa shape index (κ3) is 2.36. The molecule has 0 aliphatic rings. The van der Waals surface area contributed by atoms with Crippen molar-refractivity contribution in [1.29, 1.82) is 0 Å². The Morgan fingerprint density at radius 3 is 1.22 bits per heavy atom. The second-order valence-corrected chi connectivity index (χ2v) is 4.30. The monoisotopic (exact) mass is 408 g/mol. The number of halogens is 11. The predicted molar refractivity (Wildman–Crippen MR) is 45.8 cm³/mol. The van der Waals surface area contributed by atoms with Gasteiger partial charge in [0.1, 0.15) is 0 Å². The summed E-state index contributed by atoms with van der Waals surface area (Å²) in [7, 11) is -0.176. The molecule has 0 amide bonds. The Labute approximate surface area is 107 Å². The van der Waals surface area contributed by atoms with E-state index < -0.39 is 50.4 Å². The maximum absolute atomic E-state index is 12.6. The largest absolute Gasteiger partial charge is 0.425 e. The van der Waals surface area contributed by atoms with Crippen LogP contribution in [0.5, 0.6) is 0 Å². The smallest absolute Gasteiger partial charge is 0.319 e. The van der Waals surface area contributed by atoms with Gasteiger partial charge in [-0.05, 0) is 0 Å². The Balaban J connectivity index is 5.80. The molecule has 0 fully saturated rings. The van der Waals surface area contributed by atoms with Gasteiger partial charge < -0.3 is 4.74 Å². The fraction of sp³-hybridized carbons (Fsp3) is 1.00. The first-order valence-corrected chi connectivity index (χ1v) is 4.77. The lowest BCUT2D eigenvalue weighted by Gasteiger charge is -2.37. The van der Waals surface area contributed by atoms with E-state index in [0.717, 1.165) is 0 Å². The van der Waals surface area contributed by atoms with Crippen molar-refractivity contribution in [3.05, 3.63) is 0 Å². The van der Waals surface area contributed by atoms with Gasteiger partial charge in [-0.15, -0.1) is 0 Å². The lowest BCUT2D eigenvalue weighted by molar-refractivity contribution is -0.432. The van der Waals surface area contributed by atoms with Crippen molar-refractivity contribution < 1.29 is 48.6 Å². The van der Waals surface area contributed by atoms with Gasteiger partial charge in [-0.25, -0.2) is 0 Å². The lowest BCUT2D eigenvalue weighted by Crippen LogP contribution is -2.66. The van der Waals surface area contributed by atoms with Gasteiger partial charge in [-0.3, -0.25) is 0 Å². The molecule has 0 aromatic rings. The standard InChI is InChI=1S/C6H3F10IO/c1-18-6(15,16)4(11,12)2(7,8)3(9,10)5(13,14)17/h1H3. The van der Waals surface area contributed by atoms with E-state index in [2.05, 4.69) is 4.74 Å². The molecule has 12 heteroatoms. The number of hydrogen-bond donors (Lipinski definition) is 0. The second-order valence-electron chi connectivity index (χ2n) is 2.94. The second kappa shape index (κ2) is 4.52. The highest BCUT2D eigenvalue weighted by molar-refractivity contribution is 14.1. The normalized spacial score (nSPS) is 16.0. The zero-order valence-electron chi connectivity index (χ0n) is 8.07. The van der Waals surface area contributed by atoms with Crippen LogP contribution in [0, 0.1) is 0 Å². The van der Waals surface area contributed by atoms with E-state index >= 15 is 0 Å². The molecule has 0 rings (SSSR count). The number of rotatable bonds is 5. The molecule has 0 radical (unpaired) electrons. The zero-order chi connectivity index (χ0) is 15.2. The summed E-state index contributed by atoms with van der Waals surface area (Å²) in [5.41, 5.74) is 0. The molecule has 18 heavy (non-hydrogen) atoms. The topological polar surface area (TPSA) is 9.23 Å². The summed E-state index contributed by atoms with van der Waals surface area (Å²) in [5, 5.41) is 0. The molecule has 0 spiro atoms. The average molecular weight is 408 g/mol. The molecule has 1 nitrogen and oxygen atoms in total. The summed E-state index contributed by atoms with van der Waals surface area (Å²) in [4.78, 5) is 0. The maximum Gasteiger partial charge on any atom is 0.425 e. The van der Waals surface area contributed by atoms with Crippen LogP contribution in [0.1, 0.15) is 0 Å². The van der Waals surface area contributed by atoms with Gasteiger partial charge in [0.05, 0.1) is 0 Å². The van der Waals surface area contributed by atoms with Crippen molar-refractivity contribution >= 4 is 22.6 Å². The van der Waals surface area contributed by atoms with Crippen molar-refractivity contribution in [2.24, 2.45) is 0 Å². The number of alkyl halides is 11. The minimum absolute atomic E-state index is 0.176. The van der Waals surface area contributed by atoms with E-state index in [1.165, 1.54) is 0 Å². The molecule has 0 saturated heterocycles. The first kappa shape index (κ1) is 18.0. The maximum atomic E-state index is 12.6. The predicted octanol–water partition coefficient (Wildman–Crippen LogP) is 4.16. The van der Waals surface area contributed by atoms with Crippen molar-refractivity contribution in [3.63, 3.8) is 0 Å². The van der Waals surface area contributed by atoms with Crippen LogP contribution in [0.2, 0.25) is 0 Å². The highest BCUT2D eigenvalue weighted by Gasteiger charge is 2.86. The van der Waals surface area contributed by atoms with Crippen molar-refractivity contribution in [2.75, 3.05) is 7.11 Å².